The number of imidazole rings is 1. The van der Waals surface area contributed by atoms with Crippen molar-refractivity contribution >= 4 is 17.0 Å². The minimum absolute atomic E-state index is 0.265. The van der Waals surface area contributed by atoms with Crippen LogP contribution in [-0.2, 0) is 14.9 Å². The molecule has 0 saturated carbocycles. The minimum atomic E-state index is -0.755. The molecule has 4 heteroatoms. The first kappa shape index (κ1) is 11.6. The molecule has 4 nitrogen and oxygen atoms in total. The number of aromatic amines is 1. The highest BCUT2D eigenvalue weighted by Gasteiger charge is 2.34. The number of esters is 1. The molecule has 1 aromatic heterocycles. The number of para-hydroxylation sites is 2. The zero-order valence-corrected chi connectivity index (χ0v) is 10.3. The molecule has 2 rings (SSSR count). The van der Waals surface area contributed by atoms with Gasteiger partial charge in [-0.25, -0.2) is 4.98 Å². The lowest BCUT2D eigenvalue weighted by molar-refractivity contribution is -0.149. The number of ether oxygens (including phenoxy) is 1. The molecule has 0 aliphatic carbocycles. The Hall–Kier alpha value is -1.84. The number of benzene rings is 1. The number of aromatic nitrogens is 2. The maximum absolute atomic E-state index is 11.9. The van der Waals surface area contributed by atoms with Crippen LogP contribution < -0.4 is 0 Å². The Balaban J connectivity index is 2.41. The zero-order chi connectivity index (χ0) is 12.5. The fourth-order valence-electron chi connectivity index (χ4n) is 1.66. The van der Waals surface area contributed by atoms with E-state index >= 15 is 0 Å². The van der Waals surface area contributed by atoms with Gasteiger partial charge >= 0.3 is 5.97 Å². The summed E-state index contributed by atoms with van der Waals surface area (Å²) in [5, 5.41) is 0. The zero-order valence-electron chi connectivity index (χ0n) is 10.3. The minimum Gasteiger partial charge on any atom is -0.465 e. The van der Waals surface area contributed by atoms with Gasteiger partial charge in [0.1, 0.15) is 11.2 Å². The molecule has 2 aromatic rings. The quantitative estimate of drug-likeness (QED) is 0.827. The van der Waals surface area contributed by atoms with Crippen molar-refractivity contribution in [2.75, 3.05) is 6.61 Å². The van der Waals surface area contributed by atoms with Gasteiger partial charge in [-0.3, -0.25) is 4.79 Å². The van der Waals surface area contributed by atoms with E-state index in [0.717, 1.165) is 11.0 Å². The standard InChI is InChI=1S/C13H16N2O2/c1-4-17-12(16)13(2,3)11-14-9-7-5-6-8-10(9)15-11/h5-8H,4H2,1-3H3,(H,14,15). The van der Waals surface area contributed by atoms with Crippen molar-refractivity contribution in [3.63, 3.8) is 0 Å². The number of nitrogens with zero attached hydrogens (tertiary/aromatic N) is 1. The van der Waals surface area contributed by atoms with Gasteiger partial charge in [0, 0.05) is 0 Å². The summed E-state index contributed by atoms with van der Waals surface area (Å²) in [4.78, 5) is 19.5. The molecular weight excluding hydrogens is 216 g/mol. The van der Waals surface area contributed by atoms with Crippen LogP contribution >= 0.6 is 0 Å². The lowest BCUT2D eigenvalue weighted by atomic mass is 9.93. The van der Waals surface area contributed by atoms with Crippen LogP contribution in [0.3, 0.4) is 0 Å². The molecule has 17 heavy (non-hydrogen) atoms. The van der Waals surface area contributed by atoms with Gasteiger partial charge in [0.15, 0.2) is 0 Å². The summed E-state index contributed by atoms with van der Waals surface area (Å²) in [6.07, 6.45) is 0. The maximum Gasteiger partial charge on any atom is 0.319 e. The number of carbonyl (C=O) groups is 1. The van der Waals surface area contributed by atoms with Gasteiger partial charge < -0.3 is 9.72 Å². The molecule has 0 aliphatic rings. The average Bonchev–Trinajstić information content (AvgIpc) is 2.73. The molecule has 0 saturated heterocycles. The fourth-order valence-corrected chi connectivity index (χ4v) is 1.66. The molecule has 0 unspecified atom stereocenters. The monoisotopic (exact) mass is 232 g/mol. The summed E-state index contributed by atoms with van der Waals surface area (Å²) < 4.78 is 5.06. The van der Waals surface area contributed by atoms with Gasteiger partial charge in [0.25, 0.3) is 0 Å². The molecule has 0 aliphatic heterocycles. The van der Waals surface area contributed by atoms with E-state index in [4.69, 9.17) is 4.74 Å². The van der Waals surface area contributed by atoms with E-state index in [1.165, 1.54) is 0 Å². The second kappa shape index (κ2) is 4.20. The number of hydrogen-bond donors (Lipinski definition) is 1. The lowest BCUT2D eigenvalue weighted by Gasteiger charge is -2.19. The molecule has 1 aromatic carbocycles. The molecule has 0 spiro atoms. The second-order valence-corrected chi connectivity index (χ2v) is 4.45. The summed E-state index contributed by atoms with van der Waals surface area (Å²) in [6.45, 7) is 5.79. The molecule has 0 amide bonds. The SMILES string of the molecule is CCOC(=O)C(C)(C)c1nc2ccccc2[nH]1. The van der Waals surface area contributed by atoms with Crippen LogP contribution in [0.5, 0.6) is 0 Å². The largest absolute Gasteiger partial charge is 0.465 e. The van der Waals surface area contributed by atoms with Gasteiger partial charge in [0.05, 0.1) is 17.6 Å². The Bertz CT molecular complexity index is 510. The first-order valence-corrected chi connectivity index (χ1v) is 5.68. The Kier molecular flexibility index (Phi) is 2.88. The predicted octanol–water partition coefficient (Wildman–Crippen LogP) is 2.40. The first-order valence-electron chi connectivity index (χ1n) is 5.68. The van der Waals surface area contributed by atoms with E-state index in [-0.39, 0.29) is 5.97 Å². The van der Waals surface area contributed by atoms with Crippen LogP contribution in [-0.4, -0.2) is 22.5 Å². The van der Waals surface area contributed by atoms with E-state index in [1.54, 1.807) is 6.92 Å². The number of H-pyrrole nitrogens is 1. The van der Waals surface area contributed by atoms with Crippen LogP contribution in [0.1, 0.15) is 26.6 Å². The number of fused-ring (bicyclic) bond motifs is 1. The molecule has 1 N–H and O–H groups in total. The number of nitrogens with one attached hydrogen (secondary N) is 1. The van der Waals surface area contributed by atoms with Gasteiger partial charge in [0.2, 0.25) is 0 Å². The Labute approximate surface area is 100 Å². The normalized spacial score (nSPS) is 11.7. The lowest BCUT2D eigenvalue weighted by Crippen LogP contribution is -2.32. The molecule has 1 heterocycles. The molecule has 90 valence electrons. The van der Waals surface area contributed by atoms with Gasteiger partial charge in [-0.2, -0.15) is 0 Å². The van der Waals surface area contributed by atoms with Crippen LogP contribution in [0, 0.1) is 0 Å². The second-order valence-electron chi connectivity index (χ2n) is 4.45. The molecule has 0 radical (unpaired) electrons. The predicted molar refractivity (Wildman–Crippen MR) is 65.8 cm³/mol. The summed E-state index contributed by atoms with van der Waals surface area (Å²) in [5.41, 5.74) is 1.04. The Morgan fingerprint density at radius 2 is 2.12 bits per heavy atom. The van der Waals surface area contributed by atoms with Crippen molar-refractivity contribution in [1.82, 2.24) is 9.97 Å². The van der Waals surface area contributed by atoms with E-state index < -0.39 is 5.41 Å². The first-order chi connectivity index (χ1) is 8.05. The van der Waals surface area contributed by atoms with Crippen molar-refractivity contribution in [2.24, 2.45) is 0 Å². The highest BCUT2D eigenvalue weighted by Crippen LogP contribution is 2.24. The smallest absolute Gasteiger partial charge is 0.319 e. The third-order valence-electron chi connectivity index (χ3n) is 2.77. The Morgan fingerprint density at radius 3 is 2.76 bits per heavy atom. The molecule has 0 fully saturated rings. The topological polar surface area (TPSA) is 55.0 Å². The van der Waals surface area contributed by atoms with Crippen molar-refractivity contribution in [2.45, 2.75) is 26.2 Å². The average molecular weight is 232 g/mol. The molecular formula is C13H16N2O2. The maximum atomic E-state index is 11.9. The third kappa shape index (κ3) is 2.02. The number of rotatable bonds is 3. The van der Waals surface area contributed by atoms with E-state index in [2.05, 4.69) is 9.97 Å². The van der Waals surface area contributed by atoms with Crippen LogP contribution in [0.25, 0.3) is 11.0 Å². The summed E-state index contributed by atoms with van der Waals surface area (Å²) >= 11 is 0. The fraction of sp³-hybridized carbons (Fsp3) is 0.385. The van der Waals surface area contributed by atoms with Crippen molar-refractivity contribution < 1.29 is 9.53 Å². The van der Waals surface area contributed by atoms with Crippen molar-refractivity contribution in [3.8, 4) is 0 Å². The highest BCUT2D eigenvalue weighted by atomic mass is 16.5. The van der Waals surface area contributed by atoms with Gasteiger partial charge in [-0.1, -0.05) is 12.1 Å². The van der Waals surface area contributed by atoms with Crippen LogP contribution in [0.4, 0.5) is 0 Å². The van der Waals surface area contributed by atoms with E-state index in [1.807, 2.05) is 38.1 Å². The summed E-state index contributed by atoms with van der Waals surface area (Å²) in [6, 6.07) is 7.70. The van der Waals surface area contributed by atoms with Crippen molar-refractivity contribution in [3.05, 3.63) is 30.1 Å². The molecule has 0 atom stereocenters. The summed E-state index contributed by atoms with van der Waals surface area (Å²) in [7, 11) is 0. The van der Waals surface area contributed by atoms with E-state index in [9.17, 15) is 4.79 Å². The van der Waals surface area contributed by atoms with Gasteiger partial charge in [-0.15, -0.1) is 0 Å². The molecule has 0 bridgehead atoms. The van der Waals surface area contributed by atoms with Crippen LogP contribution in [0.15, 0.2) is 24.3 Å². The highest BCUT2D eigenvalue weighted by molar-refractivity contribution is 5.83. The number of hydrogen-bond acceptors (Lipinski definition) is 3. The van der Waals surface area contributed by atoms with Crippen molar-refractivity contribution in [1.29, 1.82) is 0 Å². The number of carbonyl (C=O) groups excluding carboxylic acids is 1. The summed E-state index contributed by atoms with van der Waals surface area (Å²) in [5.74, 6) is 0.371. The Morgan fingerprint density at radius 1 is 1.41 bits per heavy atom. The van der Waals surface area contributed by atoms with Crippen LogP contribution in [0.2, 0.25) is 0 Å². The van der Waals surface area contributed by atoms with E-state index in [0.29, 0.717) is 12.4 Å². The third-order valence-corrected chi connectivity index (χ3v) is 2.77. The van der Waals surface area contributed by atoms with Gasteiger partial charge in [-0.05, 0) is 32.9 Å².